The molecule has 0 aliphatic rings. The lowest BCUT2D eigenvalue weighted by Gasteiger charge is -2.14. The van der Waals surface area contributed by atoms with Crippen LogP contribution < -0.4 is 10.6 Å². The maximum Gasteiger partial charge on any atom is 0.264 e. The molecule has 0 aromatic heterocycles. The molecule has 0 saturated carbocycles. The molecule has 12 heteroatoms. The number of rotatable bonds is 11. The van der Waals surface area contributed by atoms with E-state index >= 15 is 0 Å². The van der Waals surface area contributed by atoms with Gasteiger partial charge in [0.15, 0.2) is 0 Å². The van der Waals surface area contributed by atoms with Crippen molar-refractivity contribution in [3.8, 4) is 0 Å². The lowest BCUT2D eigenvalue weighted by Crippen LogP contribution is -2.42. The van der Waals surface area contributed by atoms with Crippen LogP contribution in [0.1, 0.15) is 19.8 Å². The van der Waals surface area contributed by atoms with Gasteiger partial charge >= 0.3 is 0 Å². The Balaban J connectivity index is 3.86. The summed E-state index contributed by atoms with van der Waals surface area (Å²) in [7, 11) is -7.16. The molecule has 2 N–H and O–H groups in total. The number of carbonyl (C=O) groups is 2. The number of hydrogen-bond acceptors (Lipinski definition) is 8. The molecule has 136 valence electrons. The quantitative estimate of drug-likeness (QED) is 0.409. The zero-order valence-electron chi connectivity index (χ0n) is 13.2. The molecule has 0 aromatic rings. The van der Waals surface area contributed by atoms with Crippen molar-refractivity contribution in [2.45, 2.75) is 25.8 Å². The van der Waals surface area contributed by atoms with Crippen molar-refractivity contribution in [1.29, 1.82) is 0 Å². The summed E-state index contributed by atoms with van der Waals surface area (Å²) in [6.45, 7) is 1.26. The van der Waals surface area contributed by atoms with Crippen LogP contribution in [0.5, 0.6) is 0 Å². The molecule has 0 fully saturated rings. The number of hydrogen-bond donors (Lipinski definition) is 2. The van der Waals surface area contributed by atoms with Gasteiger partial charge < -0.3 is 10.6 Å². The predicted molar refractivity (Wildman–Crippen MR) is 81.4 cm³/mol. The number of carbonyl (C=O) groups excluding carboxylic acids is 2. The molecule has 23 heavy (non-hydrogen) atoms. The van der Waals surface area contributed by atoms with Gasteiger partial charge in [0.1, 0.15) is 0 Å². The van der Waals surface area contributed by atoms with Crippen molar-refractivity contribution in [2.75, 3.05) is 32.3 Å². The molecule has 0 heterocycles. The van der Waals surface area contributed by atoms with E-state index in [4.69, 9.17) is 0 Å². The molecule has 10 nitrogen and oxygen atoms in total. The van der Waals surface area contributed by atoms with Crippen molar-refractivity contribution < 1.29 is 34.8 Å². The monoisotopic (exact) mass is 374 g/mol. The average molecular weight is 374 g/mol. The van der Waals surface area contributed by atoms with Gasteiger partial charge in [-0.3, -0.25) is 18.0 Å². The van der Waals surface area contributed by atoms with E-state index in [1.54, 1.807) is 6.92 Å². The van der Waals surface area contributed by atoms with Crippen LogP contribution in [0.3, 0.4) is 0 Å². The van der Waals surface area contributed by atoms with Crippen LogP contribution in [-0.2, 0) is 38.2 Å². The summed E-state index contributed by atoms with van der Waals surface area (Å²) in [5, 5.41) is 5.05. The molecule has 0 spiro atoms. The Labute approximate surface area is 136 Å². The Morgan fingerprint density at radius 3 is 1.78 bits per heavy atom. The van der Waals surface area contributed by atoms with Crippen molar-refractivity contribution in [3.63, 3.8) is 0 Å². The van der Waals surface area contributed by atoms with Gasteiger partial charge in [-0.15, -0.1) is 0 Å². The summed E-state index contributed by atoms with van der Waals surface area (Å²) in [6, 6.07) is -0.388. The normalized spacial score (nSPS) is 13.3. The standard InChI is InChI=1S/C11H22N2O8S2/c1-9(13-11(15)5-7-21-23(3,18)19)8-12-10(14)4-6-20-22(2,16)17/h9H,4-8H2,1-3H3,(H,12,14)(H,13,15)/t9-/m1/s1. The lowest BCUT2D eigenvalue weighted by atomic mass is 10.3. The third-order valence-electron chi connectivity index (χ3n) is 2.27. The van der Waals surface area contributed by atoms with Crippen LogP contribution >= 0.6 is 0 Å². The van der Waals surface area contributed by atoms with Crippen molar-refractivity contribution in [3.05, 3.63) is 0 Å². The van der Waals surface area contributed by atoms with Gasteiger partial charge in [0.05, 0.1) is 38.6 Å². The molecular formula is C11H22N2O8S2. The minimum Gasteiger partial charge on any atom is -0.354 e. The molecule has 0 saturated heterocycles. The van der Waals surface area contributed by atoms with Gasteiger partial charge in [-0.2, -0.15) is 16.8 Å². The van der Waals surface area contributed by atoms with Crippen LogP contribution in [-0.4, -0.2) is 67.0 Å². The zero-order chi connectivity index (χ0) is 18.1. The molecule has 0 rings (SSSR count). The molecule has 1 atom stereocenters. The Hall–Kier alpha value is -1.24. The summed E-state index contributed by atoms with van der Waals surface area (Å²) in [5.41, 5.74) is 0. The average Bonchev–Trinajstić information content (AvgIpc) is 2.33. The van der Waals surface area contributed by atoms with Crippen LogP contribution in [0.25, 0.3) is 0 Å². The summed E-state index contributed by atoms with van der Waals surface area (Å²) in [5.74, 6) is -0.842. The second-order valence-corrected chi connectivity index (χ2v) is 8.11. The second kappa shape index (κ2) is 9.80. The Bertz CT molecular complexity index is 600. The van der Waals surface area contributed by atoms with Crippen LogP contribution in [0.2, 0.25) is 0 Å². The third-order valence-corrected chi connectivity index (χ3v) is 3.46. The fourth-order valence-corrected chi connectivity index (χ4v) is 2.10. The predicted octanol–water partition coefficient (Wildman–Crippen LogP) is -1.66. The van der Waals surface area contributed by atoms with E-state index in [2.05, 4.69) is 19.0 Å². The first-order valence-electron chi connectivity index (χ1n) is 6.64. The Morgan fingerprint density at radius 2 is 1.35 bits per heavy atom. The van der Waals surface area contributed by atoms with Crippen molar-refractivity contribution in [2.24, 2.45) is 0 Å². The Morgan fingerprint density at radius 1 is 0.913 bits per heavy atom. The minimum absolute atomic E-state index is 0.129. The smallest absolute Gasteiger partial charge is 0.264 e. The van der Waals surface area contributed by atoms with Gasteiger partial charge in [0, 0.05) is 12.6 Å². The highest BCUT2D eigenvalue weighted by molar-refractivity contribution is 7.86. The molecule has 0 aliphatic carbocycles. The van der Waals surface area contributed by atoms with Gasteiger partial charge in [-0.1, -0.05) is 0 Å². The zero-order valence-corrected chi connectivity index (χ0v) is 14.8. The van der Waals surface area contributed by atoms with Gasteiger partial charge in [-0.25, -0.2) is 0 Å². The van der Waals surface area contributed by atoms with Crippen molar-refractivity contribution >= 4 is 32.1 Å². The summed E-state index contributed by atoms with van der Waals surface area (Å²) >= 11 is 0. The fourth-order valence-electron chi connectivity index (χ4n) is 1.32. The van der Waals surface area contributed by atoms with Gasteiger partial charge in [-0.05, 0) is 6.92 Å². The fraction of sp³-hybridized carbons (Fsp3) is 0.818. The Kier molecular flexibility index (Phi) is 9.27. The van der Waals surface area contributed by atoms with E-state index in [9.17, 15) is 26.4 Å². The first kappa shape index (κ1) is 21.8. The molecule has 2 amide bonds. The molecule has 0 unspecified atom stereocenters. The van der Waals surface area contributed by atoms with Gasteiger partial charge in [0.2, 0.25) is 11.8 Å². The first-order chi connectivity index (χ1) is 10.4. The maximum absolute atomic E-state index is 11.5. The van der Waals surface area contributed by atoms with Crippen LogP contribution in [0, 0.1) is 0 Å². The highest BCUT2D eigenvalue weighted by Gasteiger charge is 2.11. The molecule has 0 aromatic carbocycles. The van der Waals surface area contributed by atoms with Crippen molar-refractivity contribution in [1.82, 2.24) is 10.6 Å². The SMILES string of the molecule is C[C@H](CNC(=O)CCOS(C)(=O)=O)NC(=O)CCOS(C)(=O)=O. The van der Waals surface area contributed by atoms with E-state index in [1.165, 1.54) is 0 Å². The topological polar surface area (TPSA) is 145 Å². The molecule has 0 radical (unpaired) electrons. The second-order valence-electron chi connectivity index (χ2n) is 4.82. The summed E-state index contributed by atoms with van der Waals surface area (Å²) < 4.78 is 51.7. The number of amides is 2. The van der Waals surface area contributed by atoms with Gasteiger partial charge in [0.25, 0.3) is 20.2 Å². The summed E-state index contributed by atoms with van der Waals surface area (Å²) in [4.78, 5) is 22.9. The van der Waals surface area contributed by atoms with Crippen LogP contribution in [0.15, 0.2) is 0 Å². The summed E-state index contributed by atoms with van der Waals surface area (Å²) in [6.07, 6.45) is 1.51. The van der Waals surface area contributed by atoms with E-state index < -0.39 is 32.1 Å². The molecule has 0 aliphatic heterocycles. The van der Waals surface area contributed by atoms with E-state index in [1.807, 2.05) is 0 Å². The molecule has 0 bridgehead atoms. The highest BCUT2D eigenvalue weighted by atomic mass is 32.2. The largest absolute Gasteiger partial charge is 0.354 e. The first-order valence-corrected chi connectivity index (χ1v) is 10.3. The number of nitrogens with one attached hydrogen (secondary N) is 2. The molecular weight excluding hydrogens is 352 g/mol. The minimum atomic E-state index is -3.58. The highest BCUT2D eigenvalue weighted by Crippen LogP contribution is 1.92. The van der Waals surface area contributed by atoms with Crippen LogP contribution in [0.4, 0.5) is 0 Å². The van der Waals surface area contributed by atoms with E-state index in [0.29, 0.717) is 0 Å². The van der Waals surface area contributed by atoms with E-state index in [0.717, 1.165) is 12.5 Å². The van der Waals surface area contributed by atoms with E-state index in [-0.39, 0.29) is 38.6 Å². The maximum atomic E-state index is 11.5. The lowest BCUT2D eigenvalue weighted by molar-refractivity contribution is -0.124. The third kappa shape index (κ3) is 15.4.